The van der Waals surface area contributed by atoms with Gasteiger partial charge in [0, 0.05) is 0 Å². The lowest BCUT2D eigenvalue weighted by Gasteiger charge is -1.97. The molecule has 11 heavy (non-hydrogen) atoms. The van der Waals surface area contributed by atoms with Crippen LogP contribution < -0.4 is 0 Å². The van der Waals surface area contributed by atoms with E-state index in [2.05, 4.69) is 14.0 Å². The molecular weight excluding hydrogens is 183 g/mol. The molecule has 0 bridgehead atoms. The Morgan fingerprint density at radius 1 is 1.55 bits per heavy atom. The second kappa shape index (κ2) is 4.09. The monoisotopic (exact) mass is 188 g/mol. The molecule has 0 aliphatic heterocycles. The number of halogens is 1. The fourth-order valence-corrected chi connectivity index (χ4v) is 0.393. The summed E-state index contributed by atoms with van der Waals surface area (Å²) in [5, 5.41) is 0. The fraction of sp³-hybridized carbons (Fsp3) is 0.667. The summed E-state index contributed by atoms with van der Waals surface area (Å²) >= 11 is 0. The molecule has 0 amide bonds. The van der Waals surface area contributed by atoms with E-state index < -0.39 is 16.7 Å². The molecule has 6 nitrogen and oxygen atoms in total. The van der Waals surface area contributed by atoms with Gasteiger partial charge in [0.1, 0.15) is 0 Å². The standard InChI is InChI=1S/C3H5FO6S/c1-2-8-9-3(5)10-11(4,6)7/h2H2,1H3. The van der Waals surface area contributed by atoms with Crippen LogP contribution >= 0.6 is 0 Å². The average molecular weight is 188 g/mol. The van der Waals surface area contributed by atoms with Gasteiger partial charge in [-0.1, -0.05) is 3.89 Å². The van der Waals surface area contributed by atoms with E-state index in [9.17, 15) is 17.1 Å². The zero-order valence-electron chi connectivity index (χ0n) is 5.44. The molecular formula is C3H5FO6S. The normalized spacial score (nSPS) is 10.7. The largest absolute Gasteiger partial charge is 0.558 e. The molecule has 0 aromatic carbocycles. The lowest BCUT2D eigenvalue weighted by Crippen LogP contribution is -2.10. The molecule has 0 spiro atoms. The molecule has 0 radical (unpaired) electrons. The third-order valence-corrected chi connectivity index (χ3v) is 0.748. The van der Waals surface area contributed by atoms with Gasteiger partial charge >= 0.3 is 16.7 Å². The zero-order chi connectivity index (χ0) is 8.91. The molecule has 0 saturated carbocycles. The molecule has 0 saturated heterocycles. The molecule has 0 heterocycles. The maximum absolute atomic E-state index is 11.5. The Morgan fingerprint density at radius 2 is 2.09 bits per heavy atom. The van der Waals surface area contributed by atoms with Crippen molar-refractivity contribution in [1.29, 1.82) is 0 Å². The van der Waals surface area contributed by atoms with Gasteiger partial charge in [0.05, 0.1) is 6.61 Å². The minimum atomic E-state index is -5.31. The summed E-state index contributed by atoms with van der Waals surface area (Å²) in [4.78, 5) is 17.6. The summed E-state index contributed by atoms with van der Waals surface area (Å²) in [6.07, 6.45) is -1.77. The number of rotatable bonds is 3. The van der Waals surface area contributed by atoms with Crippen molar-refractivity contribution in [3.63, 3.8) is 0 Å². The van der Waals surface area contributed by atoms with Crippen LogP contribution in [0, 0.1) is 0 Å². The Bertz CT molecular complexity index is 220. The van der Waals surface area contributed by atoms with Crippen LogP contribution in [-0.4, -0.2) is 21.2 Å². The Kier molecular flexibility index (Phi) is 3.76. The van der Waals surface area contributed by atoms with E-state index in [1.807, 2.05) is 0 Å². The van der Waals surface area contributed by atoms with E-state index in [-0.39, 0.29) is 6.61 Å². The quantitative estimate of drug-likeness (QED) is 0.360. The van der Waals surface area contributed by atoms with Crippen LogP contribution in [0.1, 0.15) is 6.92 Å². The maximum atomic E-state index is 11.5. The van der Waals surface area contributed by atoms with Gasteiger partial charge in [-0.05, 0) is 6.92 Å². The van der Waals surface area contributed by atoms with Gasteiger partial charge in [-0.15, -0.1) is 0 Å². The Hall–Kier alpha value is -0.890. The Labute approximate surface area is 62.2 Å². The topological polar surface area (TPSA) is 78.9 Å². The van der Waals surface area contributed by atoms with Gasteiger partial charge in [-0.25, -0.2) is 0 Å². The van der Waals surface area contributed by atoms with Crippen molar-refractivity contribution >= 4 is 16.7 Å². The SMILES string of the molecule is CCOOC(=O)OS(=O)(=O)F. The number of hydrogen-bond donors (Lipinski definition) is 0. The molecule has 0 aromatic rings. The molecule has 0 aromatic heterocycles. The van der Waals surface area contributed by atoms with Crippen LogP contribution in [0.4, 0.5) is 8.68 Å². The summed E-state index contributed by atoms with van der Waals surface area (Å²) in [6.45, 7) is 1.47. The van der Waals surface area contributed by atoms with E-state index in [1.54, 1.807) is 0 Å². The highest BCUT2D eigenvalue weighted by Crippen LogP contribution is 1.96. The van der Waals surface area contributed by atoms with Crippen LogP contribution in [0.25, 0.3) is 0 Å². The van der Waals surface area contributed by atoms with Crippen molar-refractivity contribution in [2.24, 2.45) is 0 Å². The van der Waals surface area contributed by atoms with E-state index in [0.29, 0.717) is 0 Å². The third-order valence-electron chi connectivity index (χ3n) is 0.412. The highest BCUT2D eigenvalue weighted by atomic mass is 32.3. The average Bonchev–Trinajstić information content (AvgIpc) is 1.79. The van der Waals surface area contributed by atoms with Crippen molar-refractivity contribution in [3.05, 3.63) is 0 Å². The van der Waals surface area contributed by atoms with Crippen molar-refractivity contribution < 1.29 is 31.1 Å². The van der Waals surface area contributed by atoms with Gasteiger partial charge in [-0.3, -0.25) is 9.07 Å². The minimum absolute atomic E-state index is 0.00142. The van der Waals surface area contributed by atoms with Crippen molar-refractivity contribution in [3.8, 4) is 0 Å². The van der Waals surface area contributed by atoms with Crippen LogP contribution in [0.3, 0.4) is 0 Å². The summed E-state index contributed by atoms with van der Waals surface area (Å²) in [7, 11) is -5.31. The highest BCUT2D eigenvalue weighted by Gasteiger charge is 2.17. The molecule has 0 aliphatic carbocycles. The number of hydrogen-bond acceptors (Lipinski definition) is 6. The smallest absolute Gasteiger partial charge is 0.285 e. The molecule has 0 aliphatic rings. The first-order valence-electron chi connectivity index (χ1n) is 2.43. The predicted molar refractivity (Wildman–Crippen MR) is 29.2 cm³/mol. The summed E-state index contributed by atoms with van der Waals surface area (Å²) in [6, 6.07) is 0. The first-order valence-corrected chi connectivity index (χ1v) is 3.74. The number of carbonyl (C=O) groups is 1. The fourth-order valence-electron chi connectivity index (χ4n) is 0.202. The maximum Gasteiger partial charge on any atom is 0.558 e. The van der Waals surface area contributed by atoms with Crippen LogP contribution in [-0.2, 0) is 24.5 Å². The lowest BCUT2D eigenvalue weighted by molar-refractivity contribution is -0.244. The Morgan fingerprint density at radius 3 is 2.45 bits per heavy atom. The molecule has 0 rings (SSSR count). The van der Waals surface area contributed by atoms with Gasteiger partial charge in [-0.2, -0.15) is 18.1 Å². The van der Waals surface area contributed by atoms with Gasteiger partial charge in [0.15, 0.2) is 0 Å². The molecule has 0 N–H and O–H groups in total. The molecule has 0 fully saturated rings. The summed E-state index contributed by atoms with van der Waals surface area (Å²) in [5.74, 6) is 0. The Balaban J connectivity index is 3.71. The van der Waals surface area contributed by atoms with Crippen LogP contribution in [0.5, 0.6) is 0 Å². The molecule has 0 unspecified atom stereocenters. The second-order valence-electron chi connectivity index (χ2n) is 1.22. The van der Waals surface area contributed by atoms with E-state index >= 15 is 0 Å². The molecule has 8 heteroatoms. The summed E-state index contributed by atoms with van der Waals surface area (Å²) in [5.41, 5.74) is 0. The zero-order valence-corrected chi connectivity index (χ0v) is 6.26. The second-order valence-corrected chi connectivity index (χ2v) is 2.17. The van der Waals surface area contributed by atoms with Gasteiger partial charge in [0.25, 0.3) is 0 Å². The molecule has 66 valence electrons. The van der Waals surface area contributed by atoms with Gasteiger partial charge < -0.3 is 0 Å². The lowest BCUT2D eigenvalue weighted by atomic mass is 10.9. The van der Waals surface area contributed by atoms with Crippen LogP contribution in [0.15, 0.2) is 0 Å². The third kappa shape index (κ3) is 7.00. The molecule has 0 atom stereocenters. The van der Waals surface area contributed by atoms with E-state index in [4.69, 9.17) is 0 Å². The van der Waals surface area contributed by atoms with Crippen molar-refractivity contribution in [2.75, 3.05) is 6.61 Å². The minimum Gasteiger partial charge on any atom is -0.285 e. The first kappa shape index (κ1) is 10.1. The van der Waals surface area contributed by atoms with Crippen molar-refractivity contribution in [2.45, 2.75) is 6.92 Å². The van der Waals surface area contributed by atoms with E-state index in [1.165, 1.54) is 6.92 Å². The predicted octanol–water partition coefficient (Wildman–Crippen LogP) is 0.305. The summed E-state index contributed by atoms with van der Waals surface area (Å²) < 4.78 is 33.6. The van der Waals surface area contributed by atoms with Crippen LogP contribution in [0.2, 0.25) is 0 Å². The van der Waals surface area contributed by atoms with Gasteiger partial charge in [0.2, 0.25) is 0 Å². The van der Waals surface area contributed by atoms with E-state index in [0.717, 1.165) is 0 Å². The van der Waals surface area contributed by atoms with Crippen molar-refractivity contribution in [1.82, 2.24) is 0 Å². The number of carbonyl (C=O) groups excluding carboxylic acids is 1. The highest BCUT2D eigenvalue weighted by molar-refractivity contribution is 7.81. The first-order chi connectivity index (χ1) is 4.95.